The highest BCUT2D eigenvalue weighted by Crippen LogP contribution is 2.32. The Hall–Kier alpha value is -2.16. The van der Waals surface area contributed by atoms with E-state index in [1.165, 1.54) is 6.21 Å². The highest BCUT2D eigenvalue weighted by atomic mass is 32.1. The molecule has 2 aliphatic rings. The largest absolute Gasteiger partial charge is 0.317 e. The molecule has 1 unspecified atom stereocenters. The normalized spacial score (nSPS) is 20.9. The van der Waals surface area contributed by atoms with Crippen LogP contribution in [0.15, 0.2) is 30.0 Å². The van der Waals surface area contributed by atoms with Gasteiger partial charge in [-0.1, -0.05) is 18.9 Å². The van der Waals surface area contributed by atoms with Crippen LogP contribution in [0, 0.1) is 5.41 Å². The average molecular weight is 369 g/mol. The van der Waals surface area contributed by atoms with Crippen molar-refractivity contribution in [2.45, 2.75) is 25.2 Å². The summed E-state index contributed by atoms with van der Waals surface area (Å²) >= 11 is 4.26. The molecular formula is C18H23N7S. The first-order valence-corrected chi connectivity index (χ1v) is 9.31. The quantitative estimate of drug-likeness (QED) is 0.481. The monoisotopic (exact) mass is 369 g/mol. The van der Waals surface area contributed by atoms with E-state index >= 15 is 0 Å². The minimum atomic E-state index is 0.370. The lowest BCUT2D eigenvalue weighted by atomic mass is 9.95. The molecule has 26 heavy (non-hydrogen) atoms. The zero-order chi connectivity index (χ0) is 18.1. The highest BCUT2D eigenvalue weighted by molar-refractivity contribution is 7.81. The van der Waals surface area contributed by atoms with Crippen LogP contribution in [0.5, 0.6) is 0 Å². The molecule has 0 radical (unpaired) electrons. The first kappa shape index (κ1) is 17.3. The van der Waals surface area contributed by atoms with Crippen LogP contribution in [-0.2, 0) is 0 Å². The summed E-state index contributed by atoms with van der Waals surface area (Å²) in [5.41, 5.74) is 8.21. The van der Waals surface area contributed by atoms with E-state index in [0.717, 1.165) is 66.2 Å². The van der Waals surface area contributed by atoms with Crippen molar-refractivity contribution in [1.82, 2.24) is 25.0 Å². The smallest absolute Gasteiger partial charge is 0.165 e. The first-order valence-electron chi connectivity index (χ1n) is 8.86. The number of rotatable bonds is 5. The van der Waals surface area contributed by atoms with E-state index < -0.39 is 0 Å². The molecule has 0 spiro atoms. The summed E-state index contributed by atoms with van der Waals surface area (Å²) in [5, 5.41) is 14.2. The molecule has 1 aliphatic heterocycles. The Morgan fingerprint density at radius 2 is 2.31 bits per heavy atom. The van der Waals surface area contributed by atoms with Gasteiger partial charge in [0.05, 0.1) is 11.9 Å². The first-order chi connectivity index (χ1) is 12.7. The maximum absolute atomic E-state index is 7.45. The molecule has 7 nitrogen and oxygen atoms in total. The molecule has 2 aromatic rings. The summed E-state index contributed by atoms with van der Waals surface area (Å²) in [5.74, 6) is 1.19. The van der Waals surface area contributed by atoms with Crippen molar-refractivity contribution in [3.63, 3.8) is 0 Å². The van der Waals surface area contributed by atoms with Crippen molar-refractivity contribution in [1.29, 1.82) is 5.41 Å². The molecule has 0 saturated carbocycles. The SMILES string of the molecule is CNN1CCCC(c2cc(NS)n3ncc(C4=CCC(C=N)=C4)c3n2)C1. The Kier molecular flexibility index (Phi) is 4.80. The Bertz CT molecular complexity index is 898. The van der Waals surface area contributed by atoms with E-state index in [4.69, 9.17) is 10.4 Å². The number of fused-ring (bicyclic) bond motifs is 1. The van der Waals surface area contributed by atoms with Crippen LogP contribution in [0.2, 0.25) is 0 Å². The van der Waals surface area contributed by atoms with E-state index in [1.54, 1.807) is 4.52 Å². The number of anilines is 1. The molecule has 2 aromatic heterocycles. The third-order valence-corrected chi connectivity index (χ3v) is 5.39. The number of hydrogen-bond donors (Lipinski definition) is 4. The third kappa shape index (κ3) is 3.04. The molecular weight excluding hydrogens is 346 g/mol. The lowest BCUT2D eigenvalue weighted by Gasteiger charge is -2.31. The predicted octanol–water partition coefficient (Wildman–Crippen LogP) is 2.66. The fourth-order valence-corrected chi connectivity index (χ4v) is 3.89. The van der Waals surface area contributed by atoms with Gasteiger partial charge in [-0.15, -0.1) is 0 Å². The molecule has 0 bridgehead atoms. The summed E-state index contributed by atoms with van der Waals surface area (Å²) in [6.07, 6.45) is 10.5. The number of allylic oxidation sites excluding steroid dienone is 4. The number of hydrazine groups is 1. The van der Waals surface area contributed by atoms with Gasteiger partial charge in [0.1, 0.15) is 5.82 Å². The Balaban J connectivity index is 1.77. The topological polar surface area (TPSA) is 81.3 Å². The van der Waals surface area contributed by atoms with Crippen LogP contribution < -0.4 is 10.1 Å². The van der Waals surface area contributed by atoms with E-state index in [0.29, 0.717) is 5.92 Å². The van der Waals surface area contributed by atoms with E-state index in [1.807, 2.05) is 25.4 Å². The fraction of sp³-hybridized carbons (Fsp3) is 0.389. The second kappa shape index (κ2) is 7.22. The van der Waals surface area contributed by atoms with Crippen LogP contribution in [0.25, 0.3) is 11.2 Å². The zero-order valence-electron chi connectivity index (χ0n) is 14.7. The van der Waals surface area contributed by atoms with Gasteiger partial charge in [-0.2, -0.15) is 9.61 Å². The van der Waals surface area contributed by atoms with Gasteiger partial charge in [-0.25, -0.2) is 9.99 Å². The molecule has 1 atom stereocenters. The maximum Gasteiger partial charge on any atom is 0.165 e. The van der Waals surface area contributed by atoms with Crippen LogP contribution >= 0.6 is 12.8 Å². The summed E-state index contributed by atoms with van der Waals surface area (Å²) in [6, 6.07) is 2.04. The lowest BCUT2D eigenvalue weighted by Crippen LogP contribution is -2.42. The van der Waals surface area contributed by atoms with Crippen LogP contribution in [0.3, 0.4) is 0 Å². The Morgan fingerprint density at radius 1 is 1.42 bits per heavy atom. The second-order valence-electron chi connectivity index (χ2n) is 6.71. The van der Waals surface area contributed by atoms with E-state index in [9.17, 15) is 0 Å². The van der Waals surface area contributed by atoms with Crippen molar-refractivity contribution in [2.24, 2.45) is 0 Å². The average Bonchev–Trinajstić information content (AvgIpc) is 3.33. The number of thiol groups is 1. The Morgan fingerprint density at radius 3 is 3.04 bits per heavy atom. The lowest BCUT2D eigenvalue weighted by molar-refractivity contribution is 0.153. The maximum atomic E-state index is 7.45. The van der Waals surface area contributed by atoms with Crippen molar-refractivity contribution in [3.05, 3.63) is 41.2 Å². The summed E-state index contributed by atoms with van der Waals surface area (Å²) < 4.78 is 4.75. The Labute approximate surface area is 158 Å². The van der Waals surface area contributed by atoms with Gasteiger partial charge in [0.15, 0.2) is 5.65 Å². The van der Waals surface area contributed by atoms with Gasteiger partial charge in [-0.05, 0) is 43.5 Å². The standard InChI is InChI=1S/C18H23N7S/c1-20-24-6-2-3-14(11-24)16-8-17(23-26)25-18(22-16)15(10-21-25)13-5-4-12(7-13)9-19/h5,7-10,14,19-20,23,26H,2-4,6,11H2,1H3. The van der Waals surface area contributed by atoms with E-state index in [-0.39, 0.29) is 0 Å². The van der Waals surface area contributed by atoms with Crippen molar-refractivity contribution >= 4 is 36.1 Å². The number of piperidine rings is 1. The molecule has 4 rings (SSSR count). The number of nitrogens with one attached hydrogen (secondary N) is 3. The summed E-state index contributed by atoms with van der Waals surface area (Å²) in [6.45, 7) is 2.00. The van der Waals surface area contributed by atoms with E-state index in [2.05, 4.69) is 39.1 Å². The molecule has 1 saturated heterocycles. The predicted molar refractivity (Wildman–Crippen MR) is 108 cm³/mol. The summed E-state index contributed by atoms with van der Waals surface area (Å²) in [7, 11) is 1.97. The van der Waals surface area contributed by atoms with Crippen molar-refractivity contribution in [3.8, 4) is 0 Å². The van der Waals surface area contributed by atoms with Crippen molar-refractivity contribution < 1.29 is 0 Å². The van der Waals surface area contributed by atoms with Gasteiger partial charge in [0.2, 0.25) is 0 Å². The molecule has 1 fully saturated rings. The number of nitrogens with zero attached hydrogens (tertiary/aromatic N) is 4. The van der Waals surface area contributed by atoms with Gasteiger partial charge in [0.25, 0.3) is 0 Å². The zero-order valence-corrected chi connectivity index (χ0v) is 15.6. The molecule has 3 N–H and O–H groups in total. The van der Waals surface area contributed by atoms with Crippen LogP contribution in [-0.4, -0.2) is 46.0 Å². The molecule has 0 aromatic carbocycles. The van der Waals surface area contributed by atoms with Gasteiger partial charge >= 0.3 is 0 Å². The number of aromatic nitrogens is 3. The minimum Gasteiger partial charge on any atom is -0.317 e. The number of hydrogen-bond acceptors (Lipinski definition) is 7. The third-order valence-electron chi connectivity index (χ3n) is 5.16. The molecule has 136 valence electrons. The molecule has 0 amide bonds. The molecule has 3 heterocycles. The van der Waals surface area contributed by atoms with Crippen LogP contribution in [0.4, 0.5) is 5.82 Å². The van der Waals surface area contributed by atoms with Gasteiger partial charge < -0.3 is 10.1 Å². The highest BCUT2D eigenvalue weighted by Gasteiger charge is 2.24. The van der Waals surface area contributed by atoms with Crippen LogP contribution in [0.1, 0.15) is 36.4 Å². The second-order valence-corrected chi connectivity index (χ2v) is 6.93. The van der Waals surface area contributed by atoms with Gasteiger partial charge in [-0.3, -0.25) is 5.43 Å². The fourth-order valence-electron chi connectivity index (χ4n) is 3.73. The van der Waals surface area contributed by atoms with Crippen molar-refractivity contribution in [2.75, 3.05) is 24.9 Å². The minimum absolute atomic E-state index is 0.370. The molecule has 1 aliphatic carbocycles. The van der Waals surface area contributed by atoms with Gasteiger partial charge in [0, 0.05) is 36.9 Å². The summed E-state index contributed by atoms with van der Waals surface area (Å²) in [4.78, 5) is 4.98. The molecule has 8 heteroatoms.